The first-order chi connectivity index (χ1) is 14.7. The molecule has 7 nitrogen and oxygen atoms in total. The number of allylic oxidation sites excluding steroid dienone is 2. The Labute approximate surface area is 185 Å². The molecule has 0 aromatic heterocycles. The third kappa shape index (κ3) is 5.20. The highest BCUT2D eigenvalue weighted by Gasteiger charge is 2.36. The highest BCUT2D eigenvalue weighted by atomic mass is 16.5. The number of benzene rings is 1. The largest absolute Gasteiger partial charge is 0.496 e. The lowest BCUT2D eigenvalue weighted by Gasteiger charge is -2.32. The Bertz CT molecular complexity index is 917. The van der Waals surface area contributed by atoms with Crippen LogP contribution in [-0.4, -0.2) is 36.7 Å². The molecule has 1 aliphatic rings. The van der Waals surface area contributed by atoms with E-state index in [2.05, 4.69) is 38.7 Å². The van der Waals surface area contributed by atoms with Crippen LogP contribution in [0, 0.1) is 11.3 Å². The van der Waals surface area contributed by atoms with Crippen molar-refractivity contribution in [3.8, 4) is 11.8 Å². The van der Waals surface area contributed by atoms with Crippen LogP contribution in [0.1, 0.15) is 58.6 Å². The lowest BCUT2D eigenvalue weighted by Crippen LogP contribution is -2.36. The Morgan fingerprint density at radius 2 is 1.94 bits per heavy atom. The lowest BCUT2D eigenvalue weighted by atomic mass is 9.82. The Morgan fingerprint density at radius 3 is 2.45 bits per heavy atom. The third-order valence-corrected chi connectivity index (χ3v) is 5.42. The van der Waals surface area contributed by atoms with Crippen molar-refractivity contribution in [2.24, 2.45) is 5.73 Å². The van der Waals surface area contributed by atoms with E-state index < -0.39 is 11.9 Å². The normalized spacial score (nSPS) is 16.6. The maximum Gasteiger partial charge on any atom is 0.338 e. The molecule has 0 aliphatic carbocycles. The van der Waals surface area contributed by atoms with Crippen LogP contribution in [0.3, 0.4) is 0 Å². The second-order valence-corrected chi connectivity index (χ2v) is 8.05. The van der Waals surface area contributed by atoms with Crippen molar-refractivity contribution in [2.45, 2.75) is 66.1 Å². The van der Waals surface area contributed by atoms with Crippen LogP contribution in [0.25, 0.3) is 0 Å². The number of esters is 1. The van der Waals surface area contributed by atoms with Crippen molar-refractivity contribution in [1.82, 2.24) is 4.90 Å². The van der Waals surface area contributed by atoms with Crippen LogP contribution >= 0.6 is 0 Å². The molecule has 1 aromatic carbocycles. The van der Waals surface area contributed by atoms with Crippen LogP contribution < -0.4 is 10.5 Å². The number of nitrogens with zero attached hydrogens (tertiary/aromatic N) is 2. The molecule has 0 bridgehead atoms. The number of carbonyl (C=O) groups excluding carboxylic acids is 1. The van der Waals surface area contributed by atoms with Gasteiger partial charge in [0.1, 0.15) is 23.2 Å². The number of carbonyl (C=O) groups is 1. The number of ether oxygens (including phenoxy) is 3. The Balaban J connectivity index is 2.63. The van der Waals surface area contributed by atoms with Gasteiger partial charge >= 0.3 is 5.97 Å². The minimum absolute atomic E-state index is 0.00130. The zero-order valence-corrected chi connectivity index (χ0v) is 19.5. The molecule has 7 heteroatoms. The van der Waals surface area contributed by atoms with Gasteiger partial charge in [-0.1, -0.05) is 6.07 Å². The van der Waals surface area contributed by atoms with Crippen LogP contribution in [0.2, 0.25) is 0 Å². The molecule has 0 amide bonds. The van der Waals surface area contributed by atoms with E-state index in [0.29, 0.717) is 24.4 Å². The van der Waals surface area contributed by atoms with Gasteiger partial charge in [0.25, 0.3) is 0 Å². The van der Waals surface area contributed by atoms with Crippen molar-refractivity contribution in [3.63, 3.8) is 0 Å². The molecule has 0 saturated heterocycles. The fraction of sp³-hybridized carbons (Fsp3) is 0.500. The quantitative estimate of drug-likeness (QED) is 0.627. The first-order valence-corrected chi connectivity index (χ1v) is 10.5. The molecule has 0 saturated carbocycles. The topological polar surface area (TPSA) is 97.8 Å². The number of nitriles is 1. The van der Waals surface area contributed by atoms with E-state index >= 15 is 0 Å². The zero-order chi connectivity index (χ0) is 23.3. The van der Waals surface area contributed by atoms with Crippen LogP contribution in [0.4, 0.5) is 0 Å². The summed E-state index contributed by atoms with van der Waals surface area (Å²) in [5.41, 5.74) is 8.21. The minimum atomic E-state index is -0.672. The van der Waals surface area contributed by atoms with Gasteiger partial charge in [-0.15, -0.1) is 0 Å². The summed E-state index contributed by atoms with van der Waals surface area (Å²) >= 11 is 0. The van der Waals surface area contributed by atoms with E-state index in [1.165, 1.54) is 0 Å². The molecule has 1 atom stereocenters. The van der Waals surface area contributed by atoms with Gasteiger partial charge in [-0.2, -0.15) is 5.26 Å². The van der Waals surface area contributed by atoms with Crippen molar-refractivity contribution in [1.29, 1.82) is 5.26 Å². The molecule has 0 radical (unpaired) electrons. The smallest absolute Gasteiger partial charge is 0.338 e. The van der Waals surface area contributed by atoms with Crippen molar-refractivity contribution in [3.05, 3.63) is 52.1 Å². The summed E-state index contributed by atoms with van der Waals surface area (Å²) in [6.45, 7) is 12.9. The SMILES string of the molecule is CCOC(=O)C1=C(C)OC(N)=C(C#N)C1c1ccc(OC)c(CN(C(C)C)C(C)C)c1. The Morgan fingerprint density at radius 1 is 1.29 bits per heavy atom. The van der Waals surface area contributed by atoms with Crippen molar-refractivity contribution in [2.75, 3.05) is 13.7 Å². The number of hydrogen-bond acceptors (Lipinski definition) is 7. The fourth-order valence-corrected chi connectivity index (χ4v) is 3.95. The predicted octanol–water partition coefficient (Wildman–Crippen LogP) is 3.96. The Kier molecular flexibility index (Phi) is 8.12. The Hall–Kier alpha value is -2.98. The summed E-state index contributed by atoms with van der Waals surface area (Å²) in [5, 5.41) is 9.79. The van der Waals surface area contributed by atoms with Gasteiger partial charge < -0.3 is 19.9 Å². The molecule has 2 N–H and O–H groups in total. The van der Waals surface area contributed by atoms with Gasteiger partial charge in [0, 0.05) is 24.2 Å². The molecule has 2 rings (SSSR count). The van der Waals surface area contributed by atoms with Gasteiger partial charge in [-0.3, -0.25) is 4.90 Å². The molecule has 1 aromatic rings. The van der Waals surface area contributed by atoms with E-state index in [0.717, 1.165) is 16.9 Å². The highest BCUT2D eigenvalue weighted by Crippen LogP contribution is 2.41. The molecule has 1 heterocycles. The fourth-order valence-electron chi connectivity index (χ4n) is 3.95. The summed E-state index contributed by atoms with van der Waals surface area (Å²) in [4.78, 5) is 15.1. The zero-order valence-electron chi connectivity index (χ0n) is 19.5. The van der Waals surface area contributed by atoms with Gasteiger partial charge in [0.05, 0.1) is 25.2 Å². The van der Waals surface area contributed by atoms with E-state index in [4.69, 9.17) is 19.9 Å². The number of hydrogen-bond donors (Lipinski definition) is 1. The van der Waals surface area contributed by atoms with Crippen LogP contribution in [0.15, 0.2) is 41.0 Å². The average Bonchev–Trinajstić information content (AvgIpc) is 2.70. The summed E-state index contributed by atoms with van der Waals surface area (Å²) in [6.07, 6.45) is 0. The monoisotopic (exact) mass is 427 g/mol. The van der Waals surface area contributed by atoms with E-state index in [-0.39, 0.29) is 23.6 Å². The summed E-state index contributed by atoms with van der Waals surface area (Å²) < 4.78 is 16.4. The third-order valence-electron chi connectivity index (χ3n) is 5.42. The number of rotatable bonds is 8. The second-order valence-electron chi connectivity index (χ2n) is 8.05. The molecular formula is C24H33N3O4. The molecule has 1 unspecified atom stereocenters. The standard InChI is InChI=1S/C24H33N3O4/c1-8-30-24(28)21-16(6)31-23(26)19(12-25)22(21)17-9-10-20(29-7)18(11-17)13-27(14(2)3)15(4)5/h9-11,14-15,22H,8,13,26H2,1-7H3. The van der Waals surface area contributed by atoms with Gasteiger partial charge in [-0.25, -0.2) is 4.79 Å². The van der Waals surface area contributed by atoms with Crippen LogP contribution in [-0.2, 0) is 20.8 Å². The number of nitrogens with two attached hydrogens (primary N) is 1. The first-order valence-electron chi connectivity index (χ1n) is 10.5. The van der Waals surface area contributed by atoms with Gasteiger partial charge in [-0.05, 0) is 59.2 Å². The molecule has 1 aliphatic heterocycles. The second kappa shape index (κ2) is 10.4. The van der Waals surface area contributed by atoms with E-state index in [1.807, 2.05) is 18.2 Å². The minimum Gasteiger partial charge on any atom is -0.496 e. The molecule has 0 spiro atoms. The molecule has 168 valence electrons. The van der Waals surface area contributed by atoms with Crippen molar-refractivity contribution >= 4 is 5.97 Å². The molecular weight excluding hydrogens is 394 g/mol. The van der Waals surface area contributed by atoms with Crippen LogP contribution in [0.5, 0.6) is 5.75 Å². The highest BCUT2D eigenvalue weighted by molar-refractivity contribution is 5.92. The maximum absolute atomic E-state index is 12.8. The lowest BCUT2D eigenvalue weighted by molar-refractivity contribution is -0.139. The summed E-state index contributed by atoms with van der Waals surface area (Å²) in [7, 11) is 1.63. The maximum atomic E-state index is 12.8. The average molecular weight is 428 g/mol. The van der Waals surface area contributed by atoms with E-state index in [9.17, 15) is 10.1 Å². The molecule has 0 fully saturated rings. The molecule has 31 heavy (non-hydrogen) atoms. The van der Waals surface area contributed by atoms with Gasteiger partial charge in [0.15, 0.2) is 0 Å². The van der Waals surface area contributed by atoms with E-state index in [1.54, 1.807) is 21.0 Å². The van der Waals surface area contributed by atoms with Gasteiger partial charge in [0.2, 0.25) is 5.88 Å². The number of methoxy groups -OCH3 is 1. The predicted molar refractivity (Wildman–Crippen MR) is 119 cm³/mol. The van der Waals surface area contributed by atoms with Crippen molar-refractivity contribution < 1.29 is 19.0 Å². The summed E-state index contributed by atoms with van der Waals surface area (Å²) in [5.74, 6) is -0.108. The first kappa shape index (κ1) is 24.3. The summed E-state index contributed by atoms with van der Waals surface area (Å²) in [6, 6.07) is 8.48.